The van der Waals surface area contributed by atoms with Crippen LogP contribution in [0.4, 0.5) is 10.1 Å². The number of hydrogen-bond acceptors (Lipinski definition) is 3. The molecule has 1 rings (SSSR count). The molecule has 0 aliphatic carbocycles. The van der Waals surface area contributed by atoms with Gasteiger partial charge in [0.25, 0.3) is 0 Å². The second kappa shape index (κ2) is 3.11. The summed E-state index contributed by atoms with van der Waals surface area (Å²) in [6.45, 7) is 0. The van der Waals surface area contributed by atoms with Crippen molar-refractivity contribution >= 4 is 11.7 Å². The fourth-order valence-corrected chi connectivity index (χ4v) is 0.867. The topological polar surface area (TPSA) is 87.1 Å². The Bertz CT molecular complexity index is 409. The Morgan fingerprint density at radius 1 is 1.62 bits per heavy atom. The predicted molar refractivity (Wildman–Crippen MR) is 42.5 cm³/mol. The molecule has 0 saturated carbocycles. The number of rotatable bonds is 1. The third kappa shape index (κ3) is 1.56. The van der Waals surface area contributed by atoms with Crippen LogP contribution in [-0.2, 0) is 0 Å². The molecule has 13 heavy (non-hydrogen) atoms. The number of carboxylic acids is 1. The van der Waals surface area contributed by atoms with Crippen LogP contribution in [0, 0.1) is 17.1 Å². The van der Waals surface area contributed by atoms with E-state index in [1.165, 1.54) is 0 Å². The van der Waals surface area contributed by atoms with E-state index in [-0.39, 0.29) is 11.3 Å². The number of benzene rings is 1. The van der Waals surface area contributed by atoms with E-state index >= 15 is 0 Å². The Balaban J connectivity index is 3.44. The molecule has 0 unspecified atom stereocenters. The zero-order chi connectivity index (χ0) is 10.0. The van der Waals surface area contributed by atoms with Crippen LogP contribution >= 0.6 is 0 Å². The van der Waals surface area contributed by atoms with E-state index in [0.717, 1.165) is 12.1 Å². The molecule has 0 aromatic heterocycles. The van der Waals surface area contributed by atoms with Gasteiger partial charge >= 0.3 is 5.97 Å². The molecule has 4 nitrogen and oxygen atoms in total. The number of hydrogen-bond donors (Lipinski definition) is 2. The van der Waals surface area contributed by atoms with Crippen LogP contribution in [0.3, 0.4) is 0 Å². The number of nitrogens with two attached hydrogens (primary N) is 1. The van der Waals surface area contributed by atoms with Crippen LogP contribution in [0.15, 0.2) is 12.1 Å². The molecule has 0 bridgehead atoms. The smallest absolute Gasteiger partial charge is 0.338 e. The largest absolute Gasteiger partial charge is 0.478 e. The molecule has 0 amide bonds. The lowest BCUT2D eigenvalue weighted by atomic mass is 10.1. The first kappa shape index (κ1) is 9.00. The molecule has 0 fully saturated rings. The monoisotopic (exact) mass is 180 g/mol. The van der Waals surface area contributed by atoms with Gasteiger partial charge < -0.3 is 10.8 Å². The Hall–Kier alpha value is -2.09. The Labute approximate surface area is 73.0 Å². The highest BCUT2D eigenvalue weighted by molar-refractivity contribution is 5.89. The van der Waals surface area contributed by atoms with Crippen LogP contribution in [0.2, 0.25) is 0 Å². The van der Waals surface area contributed by atoms with Gasteiger partial charge in [-0.1, -0.05) is 0 Å². The second-order valence-corrected chi connectivity index (χ2v) is 2.34. The van der Waals surface area contributed by atoms with Crippen molar-refractivity contribution in [3.05, 3.63) is 29.1 Å². The van der Waals surface area contributed by atoms with Crippen molar-refractivity contribution in [2.75, 3.05) is 5.73 Å². The fourth-order valence-electron chi connectivity index (χ4n) is 0.867. The van der Waals surface area contributed by atoms with Crippen molar-refractivity contribution in [3.63, 3.8) is 0 Å². The standard InChI is InChI=1S/C8H5FN2O2/c9-7-5(8(12)13)1-4(3-10)2-6(7)11/h1-2H,11H2,(H,12,13). The highest BCUT2D eigenvalue weighted by Gasteiger charge is 2.14. The average Bonchev–Trinajstić information content (AvgIpc) is 2.09. The van der Waals surface area contributed by atoms with Gasteiger partial charge in [-0.3, -0.25) is 0 Å². The van der Waals surface area contributed by atoms with Crippen molar-refractivity contribution in [2.24, 2.45) is 0 Å². The number of anilines is 1. The average molecular weight is 180 g/mol. The highest BCUT2D eigenvalue weighted by Crippen LogP contribution is 2.17. The van der Waals surface area contributed by atoms with Crippen LogP contribution in [0.5, 0.6) is 0 Å². The maximum atomic E-state index is 13.0. The molecule has 0 aliphatic heterocycles. The van der Waals surface area contributed by atoms with Gasteiger partial charge in [0.15, 0.2) is 5.82 Å². The number of nitriles is 1. The van der Waals surface area contributed by atoms with Gasteiger partial charge in [0, 0.05) is 0 Å². The summed E-state index contributed by atoms with van der Waals surface area (Å²) in [5, 5.41) is 16.9. The van der Waals surface area contributed by atoms with Crippen molar-refractivity contribution < 1.29 is 14.3 Å². The number of nitrogen functional groups attached to an aromatic ring is 1. The number of carboxylic acid groups (broad SMARTS) is 1. The van der Waals surface area contributed by atoms with Gasteiger partial charge in [-0.2, -0.15) is 5.26 Å². The second-order valence-electron chi connectivity index (χ2n) is 2.34. The molecular formula is C8H5FN2O2. The van der Waals surface area contributed by atoms with Crippen LogP contribution in [0.1, 0.15) is 15.9 Å². The van der Waals surface area contributed by atoms with Gasteiger partial charge in [0.2, 0.25) is 0 Å². The number of aromatic carboxylic acids is 1. The first-order valence-corrected chi connectivity index (χ1v) is 3.28. The van der Waals surface area contributed by atoms with Crippen LogP contribution < -0.4 is 5.73 Å². The first-order valence-electron chi connectivity index (χ1n) is 3.28. The minimum absolute atomic E-state index is 0.0244. The summed E-state index contributed by atoms with van der Waals surface area (Å²) in [5.41, 5.74) is 4.25. The summed E-state index contributed by atoms with van der Waals surface area (Å²) < 4.78 is 13.0. The van der Waals surface area contributed by atoms with Gasteiger partial charge in [-0.15, -0.1) is 0 Å². The van der Waals surface area contributed by atoms with Gasteiger partial charge in [-0.25, -0.2) is 9.18 Å². The van der Waals surface area contributed by atoms with E-state index in [1.54, 1.807) is 6.07 Å². The molecule has 0 spiro atoms. The van der Waals surface area contributed by atoms with E-state index in [1.807, 2.05) is 0 Å². The molecule has 0 heterocycles. The normalized spacial score (nSPS) is 9.23. The van der Waals surface area contributed by atoms with Crippen molar-refractivity contribution in [1.82, 2.24) is 0 Å². The van der Waals surface area contributed by atoms with E-state index in [4.69, 9.17) is 16.1 Å². The first-order chi connectivity index (χ1) is 6.06. The molecule has 66 valence electrons. The minimum Gasteiger partial charge on any atom is -0.478 e. The molecule has 1 aromatic rings. The highest BCUT2D eigenvalue weighted by atomic mass is 19.1. The van der Waals surface area contributed by atoms with E-state index in [2.05, 4.69) is 0 Å². The molecule has 5 heteroatoms. The number of carbonyl (C=O) groups is 1. The summed E-state index contributed by atoms with van der Waals surface area (Å²) >= 11 is 0. The van der Waals surface area contributed by atoms with Gasteiger partial charge in [-0.05, 0) is 12.1 Å². The Morgan fingerprint density at radius 2 is 2.23 bits per heavy atom. The van der Waals surface area contributed by atoms with Crippen LogP contribution in [0.25, 0.3) is 0 Å². The lowest BCUT2D eigenvalue weighted by molar-refractivity contribution is 0.0692. The minimum atomic E-state index is -1.44. The Morgan fingerprint density at radius 3 is 2.69 bits per heavy atom. The lowest BCUT2D eigenvalue weighted by Gasteiger charge is -2.00. The Kier molecular flexibility index (Phi) is 2.15. The molecule has 3 N–H and O–H groups in total. The third-order valence-corrected chi connectivity index (χ3v) is 1.46. The number of nitrogens with zero attached hydrogens (tertiary/aromatic N) is 1. The van der Waals surface area contributed by atoms with Gasteiger partial charge in [0.05, 0.1) is 22.9 Å². The molecule has 0 atom stereocenters. The molecule has 1 aromatic carbocycles. The predicted octanol–water partition coefficient (Wildman–Crippen LogP) is 0.978. The third-order valence-electron chi connectivity index (χ3n) is 1.46. The summed E-state index contributed by atoms with van der Waals surface area (Å²) in [6.07, 6.45) is 0. The molecule has 0 radical (unpaired) electrons. The maximum absolute atomic E-state index is 13.0. The summed E-state index contributed by atoms with van der Waals surface area (Å²) in [5.74, 6) is -2.45. The summed E-state index contributed by atoms with van der Waals surface area (Å²) in [4.78, 5) is 10.4. The van der Waals surface area contributed by atoms with E-state index in [9.17, 15) is 9.18 Å². The van der Waals surface area contributed by atoms with Crippen LogP contribution in [-0.4, -0.2) is 11.1 Å². The van der Waals surface area contributed by atoms with Crippen molar-refractivity contribution in [3.8, 4) is 6.07 Å². The van der Waals surface area contributed by atoms with Crippen molar-refractivity contribution in [1.29, 1.82) is 5.26 Å². The quantitative estimate of drug-likeness (QED) is 0.630. The summed E-state index contributed by atoms with van der Waals surface area (Å²) in [7, 11) is 0. The van der Waals surface area contributed by atoms with Gasteiger partial charge in [0.1, 0.15) is 0 Å². The number of halogens is 1. The zero-order valence-corrected chi connectivity index (χ0v) is 6.41. The fraction of sp³-hybridized carbons (Fsp3) is 0. The maximum Gasteiger partial charge on any atom is 0.338 e. The van der Waals surface area contributed by atoms with Crippen molar-refractivity contribution in [2.45, 2.75) is 0 Å². The van der Waals surface area contributed by atoms with E-state index < -0.39 is 17.3 Å². The SMILES string of the molecule is N#Cc1cc(N)c(F)c(C(=O)O)c1. The van der Waals surface area contributed by atoms with E-state index in [0.29, 0.717) is 0 Å². The molecule has 0 aliphatic rings. The molecule has 0 saturated heterocycles. The zero-order valence-electron chi connectivity index (χ0n) is 6.41. The summed E-state index contributed by atoms with van der Waals surface area (Å²) in [6, 6.07) is 3.70. The lowest BCUT2D eigenvalue weighted by Crippen LogP contribution is -2.04. The molecular weight excluding hydrogens is 175 g/mol.